The molecule has 60 valence electrons. The van der Waals surface area contributed by atoms with Crippen molar-refractivity contribution in [1.82, 2.24) is 0 Å². The van der Waals surface area contributed by atoms with Gasteiger partial charge in [0.1, 0.15) is 0 Å². The van der Waals surface area contributed by atoms with Gasteiger partial charge in [-0.3, -0.25) is 0 Å². The Kier molecular flexibility index (Phi) is 1.38. The van der Waals surface area contributed by atoms with Gasteiger partial charge >= 0.3 is 0 Å². The van der Waals surface area contributed by atoms with E-state index < -0.39 is 0 Å². The Morgan fingerprint density at radius 2 is 2.18 bits per heavy atom. The molecule has 0 amide bonds. The van der Waals surface area contributed by atoms with E-state index in [0.717, 1.165) is 17.8 Å². The van der Waals surface area contributed by atoms with Crippen molar-refractivity contribution >= 4 is 31.9 Å². The summed E-state index contributed by atoms with van der Waals surface area (Å²) >= 11 is 7.66. The van der Waals surface area contributed by atoms with E-state index in [1.165, 1.54) is 19.3 Å². The van der Waals surface area contributed by atoms with Crippen molar-refractivity contribution < 1.29 is 0 Å². The molecule has 0 saturated heterocycles. The minimum Gasteiger partial charge on any atom is -0.0872 e. The molecular weight excluding hydrogens is 268 g/mol. The highest BCUT2D eigenvalue weighted by Crippen LogP contribution is 2.71. The zero-order valence-electron chi connectivity index (χ0n) is 6.19. The van der Waals surface area contributed by atoms with Gasteiger partial charge in [0.25, 0.3) is 0 Å². The van der Waals surface area contributed by atoms with Crippen LogP contribution in [0.25, 0.3) is 0 Å². The summed E-state index contributed by atoms with van der Waals surface area (Å²) in [4.78, 5) is 0.685. The predicted molar refractivity (Wildman–Crippen MR) is 51.9 cm³/mol. The van der Waals surface area contributed by atoms with E-state index in [1.54, 1.807) is 0 Å². The van der Waals surface area contributed by atoms with Gasteiger partial charge in [-0.1, -0.05) is 38.3 Å². The lowest BCUT2D eigenvalue weighted by Crippen LogP contribution is -2.56. The van der Waals surface area contributed by atoms with Crippen LogP contribution in [0.4, 0.5) is 0 Å². The number of hydrogen-bond acceptors (Lipinski definition) is 0. The Bertz CT molecular complexity index is 196. The fourth-order valence-corrected chi connectivity index (χ4v) is 5.44. The van der Waals surface area contributed by atoms with Crippen molar-refractivity contribution in [2.45, 2.75) is 28.4 Å². The van der Waals surface area contributed by atoms with Crippen molar-refractivity contribution in [2.24, 2.45) is 17.8 Å². The van der Waals surface area contributed by atoms with Gasteiger partial charge in [0.05, 0.1) is 0 Å². The first kappa shape index (κ1) is 7.37. The lowest BCUT2D eigenvalue weighted by atomic mass is 9.65. The maximum Gasteiger partial charge on any atom is 0.0451 e. The summed E-state index contributed by atoms with van der Waals surface area (Å²) in [5, 5.41) is 0. The number of hydrogen-bond donors (Lipinski definition) is 0. The fourth-order valence-electron chi connectivity index (χ4n) is 3.10. The van der Waals surface area contributed by atoms with Crippen LogP contribution in [0.5, 0.6) is 0 Å². The summed E-state index contributed by atoms with van der Waals surface area (Å²) in [6, 6.07) is 0. The van der Waals surface area contributed by atoms with Crippen molar-refractivity contribution in [2.75, 3.05) is 0 Å². The Labute approximate surface area is 84.4 Å². The quantitative estimate of drug-likeness (QED) is 0.597. The molecule has 0 nitrogen and oxygen atoms in total. The molecule has 4 saturated carbocycles. The van der Waals surface area contributed by atoms with E-state index in [4.69, 9.17) is 0 Å². The molecule has 4 bridgehead atoms. The van der Waals surface area contributed by atoms with Crippen LogP contribution in [0.3, 0.4) is 0 Å². The van der Waals surface area contributed by atoms with Gasteiger partial charge in [0.15, 0.2) is 0 Å². The molecule has 5 atom stereocenters. The zero-order chi connectivity index (χ0) is 7.64. The van der Waals surface area contributed by atoms with Gasteiger partial charge in [-0.25, -0.2) is 0 Å². The van der Waals surface area contributed by atoms with Gasteiger partial charge in [-0.2, -0.15) is 0 Å². The number of rotatable bonds is 0. The molecule has 0 aliphatic heterocycles. The molecular formula is C9H10Br2. The maximum absolute atomic E-state index is 3.91. The molecule has 2 radical (unpaired) electrons. The van der Waals surface area contributed by atoms with Crippen LogP contribution in [0, 0.1) is 24.2 Å². The van der Waals surface area contributed by atoms with Crippen molar-refractivity contribution in [3.05, 3.63) is 6.42 Å². The van der Waals surface area contributed by atoms with Crippen LogP contribution in [0.15, 0.2) is 0 Å². The highest BCUT2D eigenvalue weighted by atomic mass is 79.9. The van der Waals surface area contributed by atoms with Crippen LogP contribution in [0.1, 0.15) is 19.3 Å². The summed E-state index contributed by atoms with van der Waals surface area (Å²) in [5.41, 5.74) is 0. The van der Waals surface area contributed by atoms with E-state index in [1.807, 2.05) is 0 Å². The number of alkyl halides is 2. The van der Waals surface area contributed by atoms with Gasteiger partial charge in [-0.05, 0) is 37.0 Å². The molecule has 0 aromatic heterocycles. The average molecular weight is 278 g/mol. The SMILES string of the molecule is BrC1C2[C]C3CCCC2C31Br. The van der Waals surface area contributed by atoms with Crippen LogP contribution < -0.4 is 0 Å². The van der Waals surface area contributed by atoms with E-state index in [2.05, 4.69) is 38.3 Å². The Balaban J connectivity index is 2.01. The van der Waals surface area contributed by atoms with E-state index >= 15 is 0 Å². The molecule has 0 heterocycles. The van der Waals surface area contributed by atoms with E-state index in [-0.39, 0.29) is 0 Å². The van der Waals surface area contributed by atoms with Crippen molar-refractivity contribution in [3.63, 3.8) is 0 Å². The standard InChI is InChI=1S/C9H10Br2/c10-8-6-4-5-2-1-3-7(6)9(5,8)11/h5-8H,1-3H2. The summed E-state index contributed by atoms with van der Waals surface area (Å²) in [6.45, 7) is 0. The molecule has 4 fully saturated rings. The normalized spacial score (nSPS) is 66.0. The van der Waals surface area contributed by atoms with Crippen molar-refractivity contribution in [3.8, 4) is 0 Å². The van der Waals surface area contributed by atoms with Gasteiger partial charge < -0.3 is 0 Å². The third kappa shape index (κ3) is 0.644. The summed E-state index contributed by atoms with van der Waals surface area (Å²) in [6.07, 6.45) is 7.89. The van der Waals surface area contributed by atoms with Crippen LogP contribution in [-0.2, 0) is 0 Å². The highest BCUT2D eigenvalue weighted by molar-refractivity contribution is 9.12. The molecule has 5 unspecified atom stereocenters. The van der Waals surface area contributed by atoms with Gasteiger partial charge in [-0.15, -0.1) is 0 Å². The zero-order valence-corrected chi connectivity index (χ0v) is 9.36. The third-order valence-corrected chi connectivity index (χ3v) is 7.25. The molecule has 11 heavy (non-hydrogen) atoms. The fraction of sp³-hybridized carbons (Fsp3) is 0.889. The van der Waals surface area contributed by atoms with E-state index in [9.17, 15) is 0 Å². The molecule has 4 rings (SSSR count). The molecule has 4 aliphatic carbocycles. The molecule has 4 aliphatic rings. The van der Waals surface area contributed by atoms with Gasteiger partial charge in [0, 0.05) is 9.15 Å². The van der Waals surface area contributed by atoms with Crippen LogP contribution >= 0.6 is 31.9 Å². The molecule has 0 aromatic carbocycles. The molecule has 0 spiro atoms. The maximum atomic E-state index is 3.91. The van der Waals surface area contributed by atoms with Crippen LogP contribution in [-0.4, -0.2) is 9.15 Å². The summed E-state index contributed by atoms with van der Waals surface area (Å²) < 4.78 is 0.427. The first-order chi connectivity index (χ1) is 5.24. The molecule has 0 N–H and O–H groups in total. The average Bonchev–Trinajstić information content (AvgIpc) is 2.37. The number of halogens is 2. The largest absolute Gasteiger partial charge is 0.0872 e. The molecule has 2 heteroatoms. The Morgan fingerprint density at radius 3 is 2.82 bits per heavy atom. The third-order valence-electron chi connectivity index (χ3n) is 3.68. The summed E-state index contributed by atoms with van der Waals surface area (Å²) in [5.74, 6) is 2.42. The molecule has 0 aromatic rings. The minimum atomic E-state index is 0.427. The van der Waals surface area contributed by atoms with Gasteiger partial charge in [0.2, 0.25) is 0 Å². The topological polar surface area (TPSA) is 0 Å². The Hall–Kier alpha value is 0.960. The monoisotopic (exact) mass is 276 g/mol. The second kappa shape index (κ2) is 2.06. The lowest BCUT2D eigenvalue weighted by molar-refractivity contribution is 0.153. The first-order valence-electron chi connectivity index (χ1n) is 4.33. The smallest absolute Gasteiger partial charge is 0.0451 e. The second-order valence-electron chi connectivity index (χ2n) is 4.01. The Morgan fingerprint density at radius 1 is 1.36 bits per heavy atom. The lowest BCUT2D eigenvalue weighted by Gasteiger charge is -2.52. The summed E-state index contributed by atoms with van der Waals surface area (Å²) in [7, 11) is 0. The first-order valence-corrected chi connectivity index (χ1v) is 6.04. The van der Waals surface area contributed by atoms with E-state index in [0.29, 0.717) is 9.15 Å². The van der Waals surface area contributed by atoms with Crippen molar-refractivity contribution in [1.29, 1.82) is 0 Å². The second-order valence-corrected chi connectivity index (χ2v) is 6.37. The minimum absolute atomic E-state index is 0.427. The highest BCUT2D eigenvalue weighted by Gasteiger charge is 2.70. The van der Waals surface area contributed by atoms with Crippen LogP contribution in [0.2, 0.25) is 0 Å². The predicted octanol–water partition coefficient (Wildman–Crippen LogP) is 3.02.